The van der Waals surface area contributed by atoms with Crippen LogP contribution in [0.25, 0.3) is 0 Å². The van der Waals surface area contributed by atoms with Crippen LogP contribution in [0.2, 0.25) is 0 Å². The van der Waals surface area contributed by atoms with Crippen LogP contribution in [0.5, 0.6) is 0 Å². The molecule has 2 aromatic carbocycles. The Hall–Kier alpha value is -4.98. The lowest BCUT2D eigenvalue weighted by atomic mass is 10.00. The van der Waals surface area contributed by atoms with Crippen molar-refractivity contribution in [2.75, 3.05) is 6.54 Å². The lowest BCUT2D eigenvalue weighted by Gasteiger charge is -2.33. The van der Waals surface area contributed by atoms with E-state index < -0.39 is 59.7 Å². The first kappa shape index (κ1) is 34.2. The Kier molecular flexibility index (Phi) is 13.1. The molecule has 0 bridgehead atoms. The van der Waals surface area contributed by atoms with Crippen molar-refractivity contribution >= 4 is 35.6 Å². The van der Waals surface area contributed by atoms with E-state index in [9.17, 15) is 34.2 Å². The molecule has 0 aliphatic heterocycles. The SMILES string of the molecule is CC(=O)N(NC(C(=O)N[C@H](C(=O)NC(C(=O)O)c1ccccc1)C(C)C)c1ccccc1)[C@@H](CCCN=C(N)N)C(=O)O. The van der Waals surface area contributed by atoms with Crippen molar-refractivity contribution in [3.05, 3.63) is 71.8 Å². The van der Waals surface area contributed by atoms with Crippen LogP contribution >= 0.6 is 0 Å². The number of aliphatic carboxylic acids is 2. The number of hydrogen-bond acceptors (Lipinski definition) is 7. The molecule has 0 saturated carbocycles. The van der Waals surface area contributed by atoms with E-state index in [0.717, 1.165) is 11.9 Å². The van der Waals surface area contributed by atoms with Crippen molar-refractivity contribution in [1.82, 2.24) is 21.1 Å². The summed E-state index contributed by atoms with van der Waals surface area (Å²) in [6, 6.07) is 11.1. The van der Waals surface area contributed by atoms with Gasteiger partial charge in [-0.1, -0.05) is 74.5 Å². The fourth-order valence-electron chi connectivity index (χ4n) is 4.26. The second-order valence-corrected chi connectivity index (χ2v) is 10.1. The smallest absolute Gasteiger partial charge is 0.330 e. The van der Waals surface area contributed by atoms with E-state index in [1.54, 1.807) is 74.5 Å². The molecule has 3 amide bonds. The molecule has 0 fully saturated rings. The molecule has 43 heavy (non-hydrogen) atoms. The van der Waals surface area contributed by atoms with Crippen molar-refractivity contribution in [1.29, 1.82) is 0 Å². The van der Waals surface area contributed by atoms with Crippen LogP contribution in [-0.4, -0.2) is 69.5 Å². The average molecular weight is 598 g/mol. The van der Waals surface area contributed by atoms with E-state index in [1.807, 2.05) is 0 Å². The van der Waals surface area contributed by atoms with Crippen LogP contribution in [0.3, 0.4) is 0 Å². The number of carbonyl (C=O) groups is 5. The van der Waals surface area contributed by atoms with E-state index >= 15 is 0 Å². The van der Waals surface area contributed by atoms with Crippen LogP contribution in [-0.2, 0) is 24.0 Å². The first-order chi connectivity index (χ1) is 20.3. The normalized spacial score (nSPS) is 13.6. The second kappa shape index (κ2) is 16.5. The van der Waals surface area contributed by atoms with Gasteiger partial charge in [0.2, 0.25) is 17.7 Å². The summed E-state index contributed by atoms with van der Waals surface area (Å²) in [6.45, 7) is 4.63. The number of carboxylic acids is 2. The van der Waals surface area contributed by atoms with Crippen LogP contribution in [0, 0.1) is 5.92 Å². The summed E-state index contributed by atoms with van der Waals surface area (Å²) in [5, 5.41) is 25.7. The van der Waals surface area contributed by atoms with Crippen molar-refractivity contribution in [3.8, 4) is 0 Å². The number of amides is 3. The van der Waals surface area contributed by atoms with E-state index in [-0.39, 0.29) is 25.3 Å². The van der Waals surface area contributed by atoms with Gasteiger partial charge < -0.3 is 32.3 Å². The largest absolute Gasteiger partial charge is 0.480 e. The minimum Gasteiger partial charge on any atom is -0.480 e. The van der Waals surface area contributed by atoms with Gasteiger partial charge in [0, 0.05) is 13.5 Å². The zero-order valence-corrected chi connectivity index (χ0v) is 24.3. The molecule has 0 saturated heterocycles. The highest BCUT2D eigenvalue weighted by Gasteiger charge is 2.35. The molecule has 2 aromatic rings. The Labute approximate surface area is 249 Å². The Morgan fingerprint density at radius 2 is 1.35 bits per heavy atom. The minimum atomic E-state index is -1.38. The maximum Gasteiger partial charge on any atom is 0.330 e. The molecule has 4 atom stereocenters. The number of guanidine groups is 1. The van der Waals surface area contributed by atoms with Gasteiger partial charge in [-0.2, -0.15) is 0 Å². The number of nitrogens with zero attached hydrogens (tertiary/aromatic N) is 2. The van der Waals surface area contributed by atoms with E-state index in [4.69, 9.17) is 11.5 Å². The topological polar surface area (TPSA) is 230 Å². The van der Waals surface area contributed by atoms with Crippen molar-refractivity contribution in [3.63, 3.8) is 0 Å². The van der Waals surface area contributed by atoms with E-state index in [2.05, 4.69) is 21.1 Å². The number of benzene rings is 2. The van der Waals surface area contributed by atoms with Gasteiger partial charge in [-0.05, 0) is 29.9 Å². The molecule has 2 rings (SSSR count). The van der Waals surface area contributed by atoms with Crippen LogP contribution in [0.1, 0.15) is 56.8 Å². The molecule has 2 unspecified atom stereocenters. The predicted molar refractivity (Wildman–Crippen MR) is 158 cm³/mol. The maximum atomic E-state index is 13.7. The third-order valence-corrected chi connectivity index (χ3v) is 6.44. The summed E-state index contributed by atoms with van der Waals surface area (Å²) in [4.78, 5) is 67.7. The summed E-state index contributed by atoms with van der Waals surface area (Å²) >= 11 is 0. The highest BCUT2D eigenvalue weighted by atomic mass is 16.4. The Morgan fingerprint density at radius 3 is 1.79 bits per heavy atom. The van der Waals surface area contributed by atoms with Crippen LogP contribution < -0.4 is 27.5 Å². The van der Waals surface area contributed by atoms with Gasteiger partial charge >= 0.3 is 11.9 Å². The predicted octanol–water partition coefficient (Wildman–Crippen LogP) is 0.671. The number of carboxylic acid groups (broad SMARTS) is 2. The summed E-state index contributed by atoms with van der Waals surface area (Å²) < 4.78 is 0. The van der Waals surface area contributed by atoms with Crippen LogP contribution in [0.15, 0.2) is 65.7 Å². The zero-order valence-electron chi connectivity index (χ0n) is 24.3. The number of carbonyl (C=O) groups excluding carboxylic acids is 3. The molecule has 0 radical (unpaired) electrons. The third kappa shape index (κ3) is 10.4. The summed E-state index contributed by atoms with van der Waals surface area (Å²) in [5.74, 6) is -5.39. The maximum absolute atomic E-state index is 13.7. The highest BCUT2D eigenvalue weighted by Crippen LogP contribution is 2.19. The molecule has 232 valence electrons. The number of hydrogen-bond donors (Lipinski definition) is 7. The molecular weight excluding hydrogens is 558 g/mol. The number of aliphatic imine (C=N–C) groups is 1. The van der Waals surface area contributed by atoms with Crippen molar-refractivity contribution < 1.29 is 34.2 Å². The molecule has 0 aliphatic rings. The average Bonchev–Trinajstić information content (AvgIpc) is 2.95. The van der Waals surface area contributed by atoms with E-state index in [0.29, 0.717) is 11.1 Å². The molecule has 0 heterocycles. The van der Waals surface area contributed by atoms with Crippen molar-refractivity contribution in [2.24, 2.45) is 22.4 Å². The van der Waals surface area contributed by atoms with Gasteiger partial charge in [0.15, 0.2) is 12.0 Å². The van der Waals surface area contributed by atoms with Crippen LogP contribution in [0.4, 0.5) is 0 Å². The van der Waals surface area contributed by atoms with Gasteiger partial charge in [-0.3, -0.25) is 24.4 Å². The summed E-state index contributed by atoms with van der Waals surface area (Å²) in [7, 11) is 0. The Balaban J connectivity index is 2.35. The molecule has 14 heteroatoms. The monoisotopic (exact) mass is 597 g/mol. The lowest BCUT2D eigenvalue weighted by Crippen LogP contribution is -2.58. The second-order valence-electron chi connectivity index (χ2n) is 10.1. The first-order valence-electron chi connectivity index (χ1n) is 13.6. The first-order valence-corrected chi connectivity index (χ1v) is 13.6. The van der Waals surface area contributed by atoms with Gasteiger partial charge in [0.05, 0.1) is 0 Å². The molecule has 0 aromatic heterocycles. The Morgan fingerprint density at radius 1 is 0.814 bits per heavy atom. The Bertz CT molecular complexity index is 1280. The fraction of sp³-hybridized carbons (Fsp3) is 0.379. The zero-order chi connectivity index (χ0) is 32.1. The third-order valence-electron chi connectivity index (χ3n) is 6.44. The number of nitrogens with two attached hydrogens (primary N) is 2. The summed E-state index contributed by atoms with van der Waals surface area (Å²) in [5.41, 5.74) is 14.1. The van der Waals surface area contributed by atoms with Crippen molar-refractivity contribution in [2.45, 2.75) is 57.8 Å². The quantitative estimate of drug-likeness (QED) is 0.0619. The molecule has 0 aliphatic carbocycles. The minimum absolute atomic E-state index is 0.0328. The molecule has 9 N–H and O–H groups in total. The number of rotatable bonds is 16. The van der Waals surface area contributed by atoms with Gasteiger partial charge in [0.1, 0.15) is 18.1 Å². The standard InChI is InChI=1S/C29H39N7O7/c1-17(2)22(25(38)34-24(28(42)43)20-13-8-5-9-14-20)33-26(39)23(19-11-6-4-7-12-19)35-36(18(3)37)21(27(40)41)15-10-16-32-29(30)31/h4-9,11-14,17,21-24,35H,10,15-16H2,1-3H3,(H,33,39)(H,34,38)(H,40,41)(H,42,43)(H4,30,31,32)/t21-,22-,23?,24?/m0/s1. The molecule has 14 nitrogen and oxygen atoms in total. The fourth-order valence-corrected chi connectivity index (χ4v) is 4.26. The van der Waals surface area contributed by atoms with Gasteiger partial charge in [-0.25, -0.2) is 15.0 Å². The molecule has 0 spiro atoms. The highest BCUT2D eigenvalue weighted by molar-refractivity contribution is 5.93. The summed E-state index contributed by atoms with van der Waals surface area (Å²) in [6.07, 6.45) is 0.194. The van der Waals surface area contributed by atoms with Gasteiger partial charge in [0.25, 0.3) is 0 Å². The van der Waals surface area contributed by atoms with E-state index in [1.165, 1.54) is 0 Å². The molecular formula is C29H39N7O7. The number of hydrazine groups is 1. The lowest BCUT2D eigenvalue weighted by molar-refractivity contribution is -0.154. The number of nitrogens with one attached hydrogen (secondary N) is 3. The van der Waals surface area contributed by atoms with Gasteiger partial charge in [-0.15, -0.1) is 0 Å².